The summed E-state index contributed by atoms with van der Waals surface area (Å²) in [6.45, 7) is 5.52. The molecule has 0 fully saturated rings. The number of ether oxygens (including phenoxy) is 2. The number of halogens is 1. The van der Waals surface area contributed by atoms with Crippen molar-refractivity contribution >= 4 is 23.4 Å². The fourth-order valence-corrected chi connectivity index (χ4v) is 1.63. The molecule has 5 nitrogen and oxygen atoms in total. The van der Waals surface area contributed by atoms with E-state index in [-0.39, 0.29) is 6.54 Å². The van der Waals surface area contributed by atoms with Crippen LogP contribution in [0.4, 0.5) is 10.5 Å². The van der Waals surface area contributed by atoms with Crippen LogP contribution >= 0.6 is 11.6 Å². The molecule has 0 aliphatic carbocycles. The molecule has 0 aromatic heterocycles. The average molecular weight is 311 g/mol. The first-order valence-corrected chi connectivity index (χ1v) is 6.69. The summed E-state index contributed by atoms with van der Waals surface area (Å²) in [6.07, 6.45) is -0.516. The number of methoxy groups -OCH3 is 1. The summed E-state index contributed by atoms with van der Waals surface area (Å²) in [7, 11) is 1.51. The zero-order valence-corrected chi connectivity index (χ0v) is 13.3. The first kappa shape index (κ1) is 17.0. The summed E-state index contributed by atoms with van der Waals surface area (Å²) in [5.41, 5.74) is 6.21. The van der Waals surface area contributed by atoms with Crippen LogP contribution in [0.2, 0.25) is 5.02 Å². The topological polar surface area (TPSA) is 73.6 Å². The third kappa shape index (κ3) is 5.84. The molecule has 0 aliphatic rings. The van der Waals surface area contributed by atoms with E-state index in [1.54, 1.807) is 32.9 Å². The van der Waals surface area contributed by atoms with Gasteiger partial charge >= 0.3 is 6.09 Å². The molecule has 0 saturated carbocycles. The van der Waals surface area contributed by atoms with E-state index in [1.807, 2.05) is 0 Å². The van der Waals surface area contributed by atoms with E-state index in [0.29, 0.717) is 22.0 Å². The molecule has 0 aliphatic heterocycles. The van der Waals surface area contributed by atoms with Crippen molar-refractivity contribution in [2.45, 2.75) is 26.4 Å². The van der Waals surface area contributed by atoms with Crippen molar-refractivity contribution in [3.05, 3.63) is 22.7 Å². The van der Waals surface area contributed by atoms with Crippen molar-refractivity contribution < 1.29 is 14.3 Å². The number of alkyl carbamates (subject to hydrolysis) is 1. The maximum absolute atomic E-state index is 11.4. The smallest absolute Gasteiger partial charge is 0.408 e. The van der Waals surface area contributed by atoms with E-state index >= 15 is 0 Å². The lowest BCUT2D eigenvalue weighted by Gasteiger charge is -2.19. The maximum Gasteiger partial charge on any atom is 0.408 e. The van der Waals surface area contributed by atoms with Gasteiger partial charge in [0.05, 0.1) is 24.4 Å². The van der Waals surface area contributed by atoms with Crippen LogP contribution in [0.1, 0.15) is 26.3 Å². The number of carbonyl (C=O) groups excluding carboxylic acids is 1. The van der Waals surface area contributed by atoms with Crippen LogP contribution in [0.25, 0.3) is 0 Å². The van der Waals surface area contributed by atoms with E-state index in [0.717, 1.165) is 0 Å². The van der Waals surface area contributed by atoms with Crippen LogP contribution in [-0.2, 0) is 4.74 Å². The van der Waals surface area contributed by atoms with Gasteiger partial charge in [0.15, 0.2) is 0 Å². The molecular weight excluding hydrogens is 292 g/mol. The zero-order valence-electron chi connectivity index (χ0n) is 12.5. The number of nitrogens with two attached hydrogens (primary N) is 1. The van der Waals surface area contributed by atoms with Crippen molar-refractivity contribution in [1.29, 1.82) is 0 Å². The number of nitrogens with one attached hydrogen (secondary N) is 1. The normalized spacial score (nSPS) is 10.3. The Kier molecular flexibility index (Phi) is 5.74. The predicted octanol–water partition coefficient (Wildman–Crippen LogP) is 2.81. The second kappa shape index (κ2) is 7.09. The van der Waals surface area contributed by atoms with Gasteiger partial charge in [-0.3, -0.25) is 0 Å². The quantitative estimate of drug-likeness (QED) is 0.651. The van der Waals surface area contributed by atoms with Gasteiger partial charge in [0.2, 0.25) is 0 Å². The highest BCUT2D eigenvalue weighted by molar-refractivity contribution is 6.32. The van der Waals surface area contributed by atoms with Crippen molar-refractivity contribution in [2.24, 2.45) is 0 Å². The number of hydrogen-bond acceptors (Lipinski definition) is 4. The Labute approximate surface area is 129 Å². The Morgan fingerprint density at radius 1 is 1.43 bits per heavy atom. The number of carbonyl (C=O) groups is 1. The summed E-state index contributed by atoms with van der Waals surface area (Å²) < 4.78 is 10.2. The number of rotatable bonds is 2. The second-order valence-electron chi connectivity index (χ2n) is 5.23. The highest BCUT2D eigenvalue weighted by atomic mass is 35.5. The molecule has 6 heteroatoms. The van der Waals surface area contributed by atoms with Gasteiger partial charge in [-0.2, -0.15) is 0 Å². The minimum absolute atomic E-state index is 0.151. The van der Waals surface area contributed by atoms with Crippen molar-refractivity contribution in [2.75, 3.05) is 19.4 Å². The van der Waals surface area contributed by atoms with E-state index in [2.05, 4.69) is 17.2 Å². The van der Waals surface area contributed by atoms with E-state index in [9.17, 15) is 4.79 Å². The van der Waals surface area contributed by atoms with Crippen LogP contribution in [0.3, 0.4) is 0 Å². The van der Waals surface area contributed by atoms with Crippen molar-refractivity contribution in [3.63, 3.8) is 0 Å². The van der Waals surface area contributed by atoms with Gasteiger partial charge in [0.25, 0.3) is 0 Å². The Morgan fingerprint density at radius 3 is 2.67 bits per heavy atom. The van der Waals surface area contributed by atoms with Crippen LogP contribution in [0.5, 0.6) is 5.75 Å². The fraction of sp³-hybridized carbons (Fsp3) is 0.400. The molecule has 21 heavy (non-hydrogen) atoms. The Hall–Kier alpha value is -2.06. The molecule has 3 N–H and O–H groups in total. The van der Waals surface area contributed by atoms with Crippen molar-refractivity contribution in [3.8, 4) is 17.6 Å². The van der Waals surface area contributed by atoms with Crippen LogP contribution in [0, 0.1) is 11.8 Å². The highest BCUT2D eigenvalue weighted by Crippen LogP contribution is 2.28. The van der Waals surface area contributed by atoms with Gasteiger partial charge in [-0.25, -0.2) is 4.79 Å². The number of nitrogen functional groups attached to an aromatic ring is 1. The van der Waals surface area contributed by atoms with Gasteiger partial charge < -0.3 is 20.5 Å². The summed E-state index contributed by atoms with van der Waals surface area (Å²) in [5, 5.41) is 2.96. The summed E-state index contributed by atoms with van der Waals surface area (Å²) in [5.74, 6) is 6.14. The number of hydrogen-bond donors (Lipinski definition) is 2. The third-order valence-electron chi connectivity index (χ3n) is 2.26. The monoisotopic (exact) mass is 310 g/mol. The summed E-state index contributed by atoms with van der Waals surface area (Å²) in [6, 6.07) is 3.23. The molecule has 0 atom stereocenters. The van der Waals surface area contributed by atoms with Crippen molar-refractivity contribution in [1.82, 2.24) is 5.32 Å². The lowest BCUT2D eigenvalue weighted by Crippen LogP contribution is -2.32. The predicted molar refractivity (Wildman–Crippen MR) is 83.5 cm³/mol. The molecule has 0 spiro atoms. The summed E-state index contributed by atoms with van der Waals surface area (Å²) >= 11 is 6.04. The number of benzene rings is 1. The van der Waals surface area contributed by atoms with E-state index in [4.69, 9.17) is 26.8 Å². The van der Waals surface area contributed by atoms with Crippen LogP contribution in [0.15, 0.2) is 12.1 Å². The third-order valence-corrected chi connectivity index (χ3v) is 2.58. The molecule has 0 saturated heterocycles. The molecule has 0 radical (unpaired) electrons. The fourth-order valence-electron chi connectivity index (χ4n) is 1.41. The van der Waals surface area contributed by atoms with E-state index in [1.165, 1.54) is 7.11 Å². The van der Waals surface area contributed by atoms with Gasteiger partial charge in [-0.1, -0.05) is 23.4 Å². The molecule has 1 aromatic carbocycles. The van der Waals surface area contributed by atoms with Gasteiger partial charge in [-0.15, -0.1) is 0 Å². The van der Waals surface area contributed by atoms with Crippen LogP contribution < -0.4 is 15.8 Å². The lowest BCUT2D eigenvalue weighted by atomic mass is 10.2. The molecule has 1 aromatic rings. The Morgan fingerprint density at radius 2 is 2.10 bits per heavy atom. The minimum atomic E-state index is -0.537. The maximum atomic E-state index is 11.4. The standard InChI is InChI=1S/C15H19ClN2O3/c1-15(2,3)21-14(19)18-7-5-6-10-8-13(20-4)12(17)9-11(10)16/h8-9H,7,17H2,1-4H3,(H,18,19). The van der Waals surface area contributed by atoms with Gasteiger partial charge in [0, 0.05) is 5.56 Å². The number of amides is 1. The highest BCUT2D eigenvalue weighted by Gasteiger charge is 2.15. The molecule has 0 unspecified atom stereocenters. The Bertz CT molecular complexity index is 583. The minimum Gasteiger partial charge on any atom is -0.495 e. The Balaban J connectivity index is 2.66. The molecule has 1 amide bonds. The molecule has 0 bridgehead atoms. The molecular formula is C15H19ClN2O3. The lowest BCUT2D eigenvalue weighted by molar-refractivity contribution is 0.0535. The second-order valence-corrected chi connectivity index (χ2v) is 5.64. The largest absolute Gasteiger partial charge is 0.495 e. The SMILES string of the molecule is COc1cc(C#CCNC(=O)OC(C)(C)C)c(Cl)cc1N. The first-order valence-electron chi connectivity index (χ1n) is 6.31. The summed E-state index contributed by atoms with van der Waals surface area (Å²) in [4.78, 5) is 11.4. The van der Waals surface area contributed by atoms with Crippen LogP contribution in [-0.4, -0.2) is 25.3 Å². The average Bonchev–Trinajstić information content (AvgIpc) is 2.34. The van der Waals surface area contributed by atoms with Gasteiger partial charge in [0.1, 0.15) is 11.4 Å². The molecule has 1 rings (SSSR count). The number of anilines is 1. The molecule has 0 heterocycles. The first-order chi connectivity index (χ1) is 9.73. The molecule has 114 valence electrons. The van der Waals surface area contributed by atoms with E-state index < -0.39 is 11.7 Å². The zero-order chi connectivity index (χ0) is 16.0. The van der Waals surface area contributed by atoms with Gasteiger partial charge in [-0.05, 0) is 32.9 Å².